The van der Waals surface area contributed by atoms with Crippen molar-refractivity contribution in [3.8, 4) is 5.75 Å². The van der Waals surface area contributed by atoms with Gasteiger partial charge in [-0.05, 0) is 52.8 Å². The number of nitro benzene ring substituents is 1. The topological polar surface area (TPSA) is 287 Å². The predicted octanol–water partition coefficient (Wildman–Crippen LogP) is 2.37. The molecule has 3 rings (SSSR count). The first kappa shape index (κ1) is 38.9. The van der Waals surface area contributed by atoms with E-state index in [-0.39, 0.29) is 66.0 Å². The number of hydrogen-bond donors (Lipinski definition) is 6. The number of nitrogens with one attached hydrogen (secondary N) is 3. The fraction of sp³-hybridized carbons (Fsp3) is 0.344. The van der Waals surface area contributed by atoms with E-state index in [9.17, 15) is 29.3 Å². The summed E-state index contributed by atoms with van der Waals surface area (Å²) in [6, 6.07) is 3.72. The van der Waals surface area contributed by atoms with E-state index in [1.54, 1.807) is 51.3 Å². The second-order valence-electron chi connectivity index (χ2n) is 11.8. The molecule has 0 saturated heterocycles. The first-order valence-electron chi connectivity index (χ1n) is 15.6. The Bertz CT molecular complexity index is 1900. The Morgan fingerprint density at radius 2 is 1.78 bits per heavy atom. The summed E-state index contributed by atoms with van der Waals surface area (Å²) in [7, 11) is 0. The van der Waals surface area contributed by atoms with Crippen molar-refractivity contribution in [1.82, 2.24) is 19.9 Å². The van der Waals surface area contributed by atoms with E-state index in [1.165, 1.54) is 24.4 Å². The third-order valence-corrected chi connectivity index (χ3v) is 6.46. The molecule has 3 aromatic rings. The quantitative estimate of drug-likeness (QED) is 0.0411. The molecule has 9 N–H and O–H groups in total. The molecule has 19 nitrogen and oxygen atoms in total. The van der Waals surface area contributed by atoms with Crippen LogP contribution < -0.4 is 37.9 Å². The number of pyridine rings is 1. The molecule has 4 amide bonds. The van der Waals surface area contributed by atoms with Gasteiger partial charge in [-0.15, -0.1) is 0 Å². The highest BCUT2D eigenvalue weighted by molar-refractivity contribution is 6.47. The zero-order valence-corrected chi connectivity index (χ0v) is 28.8. The zero-order valence-electron chi connectivity index (χ0n) is 28.8. The van der Waals surface area contributed by atoms with E-state index >= 15 is 0 Å². The van der Waals surface area contributed by atoms with Crippen molar-refractivity contribution < 1.29 is 33.6 Å². The third kappa shape index (κ3) is 11.3. The highest BCUT2D eigenvalue weighted by atomic mass is 16.6. The Morgan fingerprint density at radius 3 is 2.39 bits per heavy atom. The van der Waals surface area contributed by atoms with Crippen LogP contribution in [0.5, 0.6) is 5.75 Å². The van der Waals surface area contributed by atoms with Crippen molar-refractivity contribution in [2.24, 2.45) is 22.2 Å². The van der Waals surface area contributed by atoms with Crippen molar-refractivity contribution in [3.63, 3.8) is 0 Å². The summed E-state index contributed by atoms with van der Waals surface area (Å²) in [4.78, 5) is 73.0. The van der Waals surface area contributed by atoms with Crippen LogP contribution in [-0.2, 0) is 16.1 Å². The van der Waals surface area contributed by atoms with Crippen molar-refractivity contribution in [3.05, 3.63) is 69.6 Å². The van der Waals surface area contributed by atoms with Gasteiger partial charge in [-0.3, -0.25) is 39.4 Å². The molecule has 0 fully saturated rings. The number of nitrogens with zero attached hydrogens (tertiary/aromatic N) is 5. The lowest BCUT2D eigenvalue weighted by molar-refractivity contribution is -0.384. The van der Waals surface area contributed by atoms with Crippen LogP contribution >= 0.6 is 0 Å². The third-order valence-electron chi connectivity index (χ3n) is 6.46. The Hall–Kier alpha value is -6.53. The van der Waals surface area contributed by atoms with Crippen LogP contribution in [0.15, 0.2) is 53.3 Å². The van der Waals surface area contributed by atoms with Crippen LogP contribution in [0.3, 0.4) is 0 Å². The molecule has 19 heteroatoms. The normalized spacial score (nSPS) is 12.1. The molecule has 2 heterocycles. The lowest BCUT2D eigenvalue weighted by Crippen LogP contribution is -2.34. The number of allylic oxidation sites excluding steroid dienone is 2. The first-order chi connectivity index (χ1) is 24.0. The molecule has 1 aromatic carbocycles. The Labute approximate surface area is 292 Å². The summed E-state index contributed by atoms with van der Waals surface area (Å²) < 4.78 is 12.5. The summed E-state index contributed by atoms with van der Waals surface area (Å²) in [6.07, 6.45) is 5.34. The highest BCUT2D eigenvalue weighted by Crippen LogP contribution is 2.36. The zero-order chi connectivity index (χ0) is 37.9. The number of alkyl carbamates (subject to hydrolysis) is 1. The summed E-state index contributed by atoms with van der Waals surface area (Å²) >= 11 is 0. The number of rotatable bonds is 16. The first-order valence-corrected chi connectivity index (χ1v) is 15.6. The van der Waals surface area contributed by atoms with Crippen LogP contribution in [-0.4, -0.2) is 80.8 Å². The van der Waals surface area contributed by atoms with E-state index in [1.807, 2.05) is 0 Å². The number of carbonyl (C=O) groups excluding carboxylic acids is 4. The standard InChI is InChI=1S/C32H41N11O8/c1-6-36-22(13-18(2)33)29(46)41-30-40-21-14-20(27(35)45)17-39-28(21)42(30)11-8-7-9-37-25-23(43(48)49)15-19(26(34)44)16-24(25)50-12-10-38-31(47)51-32(3,4)5/h7-8,13-17,37H,6,9-12,33H2,1-5H3,(H2,34,44)(H2,35,45)(H,38,47)(H,40,41,46)/b8-7+,18-13-,36-22?. The number of anilines is 2. The number of aliphatic imine (C=N–C) groups is 1. The molecule has 0 saturated carbocycles. The number of nitro groups is 1. The van der Waals surface area contributed by atoms with E-state index in [2.05, 4.69) is 30.9 Å². The van der Waals surface area contributed by atoms with E-state index in [0.29, 0.717) is 17.9 Å². The second-order valence-corrected chi connectivity index (χ2v) is 11.8. The van der Waals surface area contributed by atoms with Gasteiger partial charge in [-0.2, -0.15) is 0 Å². The number of nitrogens with two attached hydrogens (primary N) is 3. The summed E-state index contributed by atoms with van der Waals surface area (Å²) in [6.45, 7) is 8.81. The number of imidazole rings is 1. The molecule has 2 aromatic heterocycles. The van der Waals surface area contributed by atoms with Crippen LogP contribution in [0.2, 0.25) is 0 Å². The fourth-order valence-electron chi connectivity index (χ4n) is 4.38. The van der Waals surface area contributed by atoms with Gasteiger partial charge in [-0.1, -0.05) is 12.2 Å². The lowest BCUT2D eigenvalue weighted by Gasteiger charge is -2.20. The number of carbonyl (C=O) groups is 4. The van der Waals surface area contributed by atoms with E-state index in [0.717, 1.165) is 6.07 Å². The van der Waals surface area contributed by atoms with Gasteiger partial charge in [0.1, 0.15) is 29.2 Å². The lowest BCUT2D eigenvalue weighted by atomic mass is 10.1. The number of primary amides is 2. The van der Waals surface area contributed by atoms with Gasteiger partial charge in [0.2, 0.25) is 17.8 Å². The van der Waals surface area contributed by atoms with Gasteiger partial charge in [0.05, 0.1) is 17.0 Å². The summed E-state index contributed by atoms with van der Waals surface area (Å²) in [5.41, 5.74) is 16.3. The molecule has 0 spiro atoms. The number of hydrogen-bond acceptors (Lipinski definition) is 13. The monoisotopic (exact) mass is 707 g/mol. The average molecular weight is 708 g/mol. The average Bonchev–Trinajstić information content (AvgIpc) is 3.37. The van der Waals surface area contributed by atoms with Crippen LogP contribution in [0.25, 0.3) is 11.2 Å². The molecule has 0 atom stereocenters. The maximum Gasteiger partial charge on any atom is 0.407 e. The van der Waals surface area contributed by atoms with Crippen molar-refractivity contribution in [2.75, 3.05) is 36.9 Å². The molecule has 0 aliphatic carbocycles. The molecule has 0 bridgehead atoms. The molecule has 0 unspecified atom stereocenters. The van der Waals surface area contributed by atoms with Gasteiger partial charge >= 0.3 is 6.09 Å². The Morgan fingerprint density at radius 1 is 1.08 bits per heavy atom. The minimum atomic E-state index is -0.907. The minimum absolute atomic E-state index is 0.0105. The highest BCUT2D eigenvalue weighted by Gasteiger charge is 2.23. The Kier molecular flexibility index (Phi) is 13.1. The predicted molar refractivity (Wildman–Crippen MR) is 190 cm³/mol. The number of amides is 4. The maximum absolute atomic E-state index is 13.1. The molecule has 0 aliphatic heterocycles. The number of fused-ring (bicyclic) bond motifs is 1. The van der Waals surface area contributed by atoms with Crippen molar-refractivity contribution in [1.29, 1.82) is 0 Å². The van der Waals surface area contributed by atoms with Crippen molar-refractivity contribution in [2.45, 2.75) is 46.8 Å². The fourth-order valence-corrected chi connectivity index (χ4v) is 4.38. The summed E-state index contributed by atoms with van der Waals surface area (Å²) in [5.74, 6) is -2.17. The largest absolute Gasteiger partial charge is 0.489 e. The van der Waals surface area contributed by atoms with Gasteiger partial charge in [0, 0.05) is 43.2 Å². The minimum Gasteiger partial charge on any atom is -0.489 e. The van der Waals surface area contributed by atoms with E-state index in [4.69, 9.17) is 26.7 Å². The van der Waals surface area contributed by atoms with Crippen LogP contribution in [0.1, 0.15) is 55.3 Å². The smallest absolute Gasteiger partial charge is 0.407 e. The van der Waals surface area contributed by atoms with Gasteiger partial charge in [0.15, 0.2) is 11.3 Å². The van der Waals surface area contributed by atoms with Crippen LogP contribution in [0.4, 0.5) is 22.1 Å². The Balaban J connectivity index is 1.86. The molecular weight excluding hydrogens is 666 g/mol. The van der Waals surface area contributed by atoms with E-state index < -0.39 is 40.0 Å². The molecular formula is C32H41N11O8. The molecule has 51 heavy (non-hydrogen) atoms. The number of ether oxygens (including phenoxy) is 2. The summed E-state index contributed by atoms with van der Waals surface area (Å²) in [5, 5.41) is 20.1. The van der Waals surface area contributed by atoms with Crippen LogP contribution in [0, 0.1) is 10.1 Å². The molecule has 0 aliphatic rings. The molecule has 0 radical (unpaired) electrons. The van der Waals surface area contributed by atoms with Crippen molar-refractivity contribution >= 4 is 58.0 Å². The number of benzene rings is 1. The maximum atomic E-state index is 13.1. The molecule has 272 valence electrons. The van der Waals surface area contributed by atoms with Gasteiger partial charge in [-0.25, -0.2) is 14.8 Å². The SMILES string of the molecule is CCN=C(/C=C(/C)N)C(=O)Nc1nc2cc(C(N)=O)cnc2n1C/C=C/CNc1c(OCCNC(=O)OC(C)(C)C)cc(C(N)=O)cc1[N+](=O)[O-]. The van der Waals surface area contributed by atoms with Gasteiger partial charge < -0.3 is 37.3 Å². The van der Waals surface area contributed by atoms with Gasteiger partial charge in [0.25, 0.3) is 11.6 Å². The number of aromatic nitrogens is 3. The second kappa shape index (κ2) is 17.2.